The number of aryl methyl sites for hydroxylation is 2. The highest BCUT2D eigenvalue weighted by Gasteiger charge is 2.03. The van der Waals surface area contributed by atoms with Gasteiger partial charge in [0.15, 0.2) is 11.5 Å². The van der Waals surface area contributed by atoms with Crippen molar-refractivity contribution in [2.24, 2.45) is 0 Å². The van der Waals surface area contributed by atoms with Gasteiger partial charge in [0.1, 0.15) is 0 Å². The SMILES string of the molecule is CCc1cc(C)c(O)c(O)c1. The predicted octanol–water partition coefficient (Wildman–Crippen LogP) is 1.97. The monoisotopic (exact) mass is 152 g/mol. The second-order valence-electron chi connectivity index (χ2n) is 2.63. The van der Waals surface area contributed by atoms with Crippen molar-refractivity contribution in [1.82, 2.24) is 0 Å². The number of rotatable bonds is 1. The van der Waals surface area contributed by atoms with E-state index in [-0.39, 0.29) is 11.5 Å². The van der Waals surface area contributed by atoms with Crippen LogP contribution in [0.1, 0.15) is 18.1 Å². The molecule has 1 aromatic rings. The van der Waals surface area contributed by atoms with E-state index in [2.05, 4.69) is 0 Å². The lowest BCUT2D eigenvalue weighted by Gasteiger charge is -2.03. The standard InChI is InChI=1S/C9H12O2/c1-3-7-4-6(2)9(11)8(10)5-7/h4-5,10-11H,3H2,1-2H3. The zero-order chi connectivity index (χ0) is 8.43. The molecule has 0 saturated carbocycles. The van der Waals surface area contributed by atoms with E-state index in [0.29, 0.717) is 0 Å². The Morgan fingerprint density at radius 1 is 1.27 bits per heavy atom. The Morgan fingerprint density at radius 3 is 2.36 bits per heavy atom. The van der Waals surface area contributed by atoms with Crippen LogP contribution in [-0.4, -0.2) is 10.2 Å². The van der Waals surface area contributed by atoms with E-state index in [0.717, 1.165) is 17.5 Å². The lowest BCUT2D eigenvalue weighted by Crippen LogP contribution is -1.82. The summed E-state index contributed by atoms with van der Waals surface area (Å²) in [5, 5.41) is 18.3. The Balaban J connectivity index is 3.21. The van der Waals surface area contributed by atoms with Gasteiger partial charge in [-0.05, 0) is 30.5 Å². The van der Waals surface area contributed by atoms with E-state index in [9.17, 15) is 5.11 Å². The van der Waals surface area contributed by atoms with Gasteiger partial charge in [-0.3, -0.25) is 0 Å². The van der Waals surface area contributed by atoms with E-state index in [1.54, 1.807) is 13.0 Å². The number of hydrogen-bond donors (Lipinski definition) is 2. The minimum Gasteiger partial charge on any atom is -0.504 e. The zero-order valence-electron chi connectivity index (χ0n) is 6.76. The molecule has 1 rings (SSSR count). The number of hydrogen-bond acceptors (Lipinski definition) is 2. The van der Waals surface area contributed by atoms with Crippen LogP contribution in [0.2, 0.25) is 0 Å². The minimum absolute atomic E-state index is 0.0119. The fourth-order valence-electron chi connectivity index (χ4n) is 1.04. The smallest absolute Gasteiger partial charge is 0.160 e. The summed E-state index contributed by atoms with van der Waals surface area (Å²) in [6.07, 6.45) is 0.870. The summed E-state index contributed by atoms with van der Waals surface area (Å²) in [6.45, 7) is 3.78. The molecule has 0 heterocycles. The van der Waals surface area contributed by atoms with Crippen LogP contribution >= 0.6 is 0 Å². The van der Waals surface area contributed by atoms with Gasteiger partial charge in [0.05, 0.1) is 0 Å². The van der Waals surface area contributed by atoms with Gasteiger partial charge < -0.3 is 10.2 Å². The van der Waals surface area contributed by atoms with Gasteiger partial charge in [0.25, 0.3) is 0 Å². The first-order valence-electron chi connectivity index (χ1n) is 3.66. The number of phenols is 2. The Kier molecular flexibility index (Phi) is 2.03. The molecule has 0 spiro atoms. The van der Waals surface area contributed by atoms with E-state index < -0.39 is 0 Å². The van der Waals surface area contributed by atoms with Crippen molar-refractivity contribution >= 4 is 0 Å². The minimum atomic E-state index is -0.0261. The normalized spacial score (nSPS) is 10.0. The highest BCUT2D eigenvalue weighted by atomic mass is 16.3. The fraction of sp³-hybridized carbons (Fsp3) is 0.333. The maximum Gasteiger partial charge on any atom is 0.160 e. The van der Waals surface area contributed by atoms with E-state index in [4.69, 9.17) is 5.11 Å². The molecule has 2 nitrogen and oxygen atoms in total. The summed E-state index contributed by atoms with van der Waals surface area (Å²) in [6, 6.07) is 3.46. The van der Waals surface area contributed by atoms with Crippen molar-refractivity contribution < 1.29 is 10.2 Å². The van der Waals surface area contributed by atoms with Gasteiger partial charge in [0.2, 0.25) is 0 Å². The van der Waals surface area contributed by atoms with Crippen molar-refractivity contribution in [3.8, 4) is 11.5 Å². The molecule has 0 amide bonds. The summed E-state index contributed by atoms with van der Waals surface area (Å²) < 4.78 is 0. The van der Waals surface area contributed by atoms with Crippen LogP contribution < -0.4 is 0 Å². The van der Waals surface area contributed by atoms with E-state index in [1.807, 2.05) is 13.0 Å². The quantitative estimate of drug-likeness (QED) is 0.604. The third-order valence-corrected chi connectivity index (χ3v) is 1.75. The van der Waals surface area contributed by atoms with Gasteiger partial charge in [-0.1, -0.05) is 13.0 Å². The summed E-state index contributed by atoms with van der Waals surface area (Å²) in [5.41, 5.74) is 1.76. The van der Waals surface area contributed by atoms with Crippen LogP contribution in [0.4, 0.5) is 0 Å². The average Bonchev–Trinajstić information content (AvgIpc) is 1.99. The summed E-state index contributed by atoms with van der Waals surface area (Å²) in [5.74, 6) is -0.0379. The first-order valence-corrected chi connectivity index (χ1v) is 3.66. The Labute approximate surface area is 66.1 Å². The van der Waals surface area contributed by atoms with Crippen LogP contribution in [-0.2, 0) is 6.42 Å². The molecule has 0 aliphatic rings. The fourth-order valence-corrected chi connectivity index (χ4v) is 1.04. The molecule has 0 bridgehead atoms. The Bertz CT molecular complexity index is 243. The summed E-state index contributed by atoms with van der Waals surface area (Å²) in [7, 11) is 0. The molecule has 60 valence electrons. The van der Waals surface area contributed by atoms with Gasteiger partial charge in [-0.15, -0.1) is 0 Å². The third kappa shape index (κ3) is 1.45. The molecule has 1 aromatic carbocycles. The molecular weight excluding hydrogens is 140 g/mol. The third-order valence-electron chi connectivity index (χ3n) is 1.75. The van der Waals surface area contributed by atoms with Crippen LogP contribution in [0, 0.1) is 6.92 Å². The molecule has 0 aliphatic carbocycles. The largest absolute Gasteiger partial charge is 0.504 e. The van der Waals surface area contributed by atoms with Crippen LogP contribution in [0.25, 0.3) is 0 Å². The molecule has 0 radical (unpaired) electrons. The number of aromatic hydroxyl groups is 2. The maximum atomic E-state index is 9.18. The molecule has 0 aromatic heterocycles. The molecule has 0 fully saturated rings. The lowest BCUT2D eigenvalue weighted by atomic mass is 10.1. The molecule has 11 heavy (non-hydrogen) atoms. The van der Waals surface area contributed by atoms with Crippen molar-refractivity contribution in [2.75, 3.05) is 0 Å². The molecule has 0 unspecified atom stereocenters. The predicted molar refractivity (Wildman–Crippen MR) is 43.9 cm³/mol. The topological polar surface area (TPSA) is 40.5 Å². The van der Waals surface area contributed by atoms with Gasteiger partial charge in [0, 0.05) is 0 Å². The van der Waals surface area contributed by atoms with Crippen molar-refractivity contribution in [3.63, 3.8) is 0 Å². The molecule has 0 aliphatic heterocycles. The van der Waals surface area contributed by atoms with Crippen molar-refractivity contribution in [2.45, 2.75) is 20.3 Å². The molecule has 0 atom stereocenters. The first kappa shape index (κ1) is 7.92. The second-order valence-corrected chi connectivity index (χ2v) is 2.63. The van der Waals surface area contributed by atoms with E-state index in [1.165, 1.54) is 0 Å². The van der Waals surface area contributed by atoms with Crippen molar-refractivity contribution in [3.05, 3.63) is 23.3 Å². The molecule has 2 N–H and O–H groups in total. The van der Waals surface area contributed by atoms with Gasteiger partial charge in [-0.25, -0.2) is 0 Å². The number of phenolic OH excluding ortho intramolecular Hbond substituents is 2. The van der Waals surface area contributed by atoms with Crippen LogP contribution in [0.5, 0.6) is 11.5 Å². The zero-order valence-corrected chi connectivity index (χ0v) is 6.76. The van der Waals surface area contributed by atoms with E-state index >= 15 is 0 Å². The molecule has 2 heteroatoms. The maximum absolute atomic E-state index is 9.18. The highest BCUT2D eigenvalue weighted by molar-refractivity contribution is 5.46. The Morgan fingerprint density at radius 2 is 1.91 bits per heavy atom. The van der Waals surface area contributed by atoms with Crippen LogP contribution in [0.15, 0.2) is 12.1 Å². The van der Waals surface area contributed by atoms with Gasteiger partial charge >= 0.3 is 0 Å². The molecule has 0 saturated heterocycles. The second kappa shape index (κ2) is 2.82. The first-order chi connectivity index (χ1) is 5.15. The van der Waals surface area contributed by atoms with Crippen molar-refractivity contribution in [1.29, 1.82) is 0 Å². The number of benzene rings is 1. The summed E-state index contributed by atoms with van der Waals surface area (Å²) >= 11 is 0. The lowest BCUT2D eigenvalue weighted by molar-refractivity contribution is 0.400. The Hall–Kier alpha value is -1.18. The highest BCUT2D eigenvalue weighted by Crippen LogP contribution is 2.29. The molecular formula is C9H12O2. The average molecular weight is 152 g/mol. The van der Waals surface area contributed by atoms with Gasteiger partial charge in [-0.2, -0.15) is 0 Å². The van der Waals surface area contributed by atoms with Crippen LogP contribution in [0.3, 0.4) is 0 Å². The summed E-state index contributed by atoms with van der Waals surface area (Å²) in [4.78, 5) is 0.